The van der Waals surface area contributed by atoms with Gasteiger partial charge in [0.2, 0.25) is 0 Å². The van der Waals surface area contributed by atoms with E-state index in [1.54, 1.807) is 5.57 Å². The van der Waals surface area contributed by atoms with Gasteiger partial charge in [-0.25, -0.2) is 0 Å². The number of fused-ring (bicyclic) bond motifs is 5. The van der Waals surface area contributed by atoms with Crippen LogP contribution in [0.5, 0.6) is 0 Å². The van der Waals surface area contributed by atoms with Crippen molar-refractivity contribution in [3.63, 3.8) is 0 Å². The lowest BCUT2D eigenvalue weighted by atomic mass is 9.47. The summed E-state index contributed by atoms with van der Waals surface area (Å²) in [6.45, 7) is 9.61. The second-order valence-electron chi connectivity index (χ2n) is 11.9. The van der Waals surface area contributed by atoms with E-state index in [1.165, 1.54) is 56.1 Å². The van der Waals surface area contributed by atoms with E-state index in [9.17, 15) is 4.79 Å². The van der Waals surface area contributed by atoms with Crippen molar-refractivity contribution in [3.8, 4) is 0 Å². The monoisotopic (exact) mass is 416 g/mol. The molecule has 166 valence electrons. The molecule has 0 radical (unpaired) electrons. The highest BCUT2D eigenvalue weighted by molar-refractivity contribution is 5.96. The Morgan fingerprint density at radius 3 is 2.65 bits per heavy atom. The molecule has 0 aromatic heterocycles. The highest BCUT2D eigenvalue weighted by Gasteiger charge is 2.59. The number of rotatable bonds is 3. The molecule has 1 aromatic rings. The molecule has 0 amide bonds. The number of benzene rings is 1. The normalized spacial score (nSPS) is 41.9. The number of allylic oxidation sites excluding steroid dienone is 3. The van der Waals surface area contributed by atoms with Gasteiger partial charge in [-0.2, -0.15) is 0 Å². The van der Waals surface area contributed by atoms with E-state index >= 15 is 0 Å². The first-order chi connectivity index (χ1) is 14.8. The van der Waals surface area contributed by atoms with Crippen molar-refractivity contribution in [3.05, 3.63) is 53.1 Å². The number of carbonyl (C=O) groups excluding carboxylic acids is 1. The van der Waals surface area contributed by atoms with Crippen molar-refractivity contribution >= 4 is 11.9 Å². The van der Waals surface area contributed by atoms with Gasteiger partial charge in [0, 0.05) is 5.92 Å². The molecule has 0 bridgehead atoms. The van der Waals surface area contributed by atoms with Crippen LogP contribution in [-0.4, -0.2) is 5.78 Å². The third kappa shape index (κ3) is 3.38. The molecule has 1 aromatic carbocycles. The van der Waals surface area contributed by atoms with Crippen LogP contribution >= 0.6 is 0 Å². The fourth-order valence-electron chi connectivity index (χ4n) is 8.37. The third-order valence-corrected chi connectivity index (χ3v) is 10.3. The van der Waals surface area contributed by atoms with E-state index in [2.05, 4.69) is 64.1 Å². The molecule has 3 saturated carbocycles. The van der Waals surface area contributed by atoms with Gasteiger partial charge in [0.1, 0.15) is 0 Å². The molecule has 1 nitrogen and oxygen atoms in total. The van der Waals surface area contributed by atoms with Gasteiger partial charge in [-0.3, -0.25) is 4.79 Å². The summed E-state index contributed by atoms with van der Waals surface area (Å²) in [5.41, 5.74) is 4.82. The number of hydrogen-bond acceptors (Lipinski definition) is 1. The van der Waals surface area contributed by atoms with Crippen LogP contribution < -0.4 is 0 Å². The maximum Gasteiger partial charge on any atom is 0.159 e. The second kappa shape index (κ2) is 7.75. The van der Waals surface area contributed by atoms with Crippen LogP contribution in [0.15, 0.2) is 42.0 Å². The summed E-state index contributed by atoms with van der Waals surface area (Å²) in [6, 6.07) is 8.35. The Balaban J connectivity index is 1.37. The number of aryl methyl sites for hydroxylation is 1. The van der Waals surface area contributed by atoms with Gasteiger partial charge in [0.15, 0.2) is 5.78 Å². The van der Waals surface area contributed by atoms with Gasteiger partial charge in [-0.15, -0.1) is 0 Å². The minimum atomic E-state index is 0.192. The zero-order chi connectivity index (χ0) is 21.8. The Kier molecular flexibility index (Phi) is 5.31. The Morgan fingerprint density at radius 1 is 1.03 bits per heavy atom. The van der Waals surface area contributed by atoms with Crippen LogP contribution in [0.25, 0.3) is 6.08 Å². The summed E-state index contributed by atoms with van der Waals surface area (Å²) in [6.07, 6.45) is 16.9. The highest BCUT2D eigenvalue weighted by Crippen LogP contribution is 2.66. The molecule has 4 aliphatic carbocycles. The molecule has 5 rings (SSSR count). The molecule has 1 heteroatoms. The average molecular weight is 417 g/mol. The molecule has 0 saturated heterocycles. The summed E-state index contributed by atoms with van der Waals surface area (Å²) < 4.78 is 0. The topological polar surface area (TPSA) is 17.1 Å². The molecule has 31 heavy (non-hydrogen) atoms. The Bertz CT molecular complexity index is 922. The van der Waals surface area contributed by atoms with Gasteiger partial charge >= 0.3 is 0 Å². The Morgan fingerprint density at radius 2 is 1.84 bits per heavy atom. The van der Waals surface area contributed by atoms with Gasteiger partial charge in [-0.05, 0) is 110 Å². The van der Waals surface area contributed by atoms with Crippen molar-refractivity contribution in [1.29, 1.82) is 0 Å². The summed E-state index contributed by atoms with van der Waals surface area (Å²) in [7, 11) is 0. The number of carbonyl (C=O) groups is 1. The fraction of sp³-hybridized carbons (Fsp3) is 0.633. The second-order valence-corrected chi connectivity index (χ2v) is 11.9. The maximum absolute atomic E-state index is 13.4. The van der Waals surface area contributed by atoms with Crippen molar-refractivity contribution in [2.45, 2.75) is 79.1 Å². The third-order valence-electron chi connectivity index (χ3n) is 10.3. The lowest BCUT2D eigenvalue weighted by Crippen LogP contribution is -2.50. The first-order valence-corrected chi connectivity index (χ1v) is 12.8. The molecule has 0 spiro atoms. The van der Waals surface area contributed by atoms with Crippen molar-refractivity contribution < 1.29 is 4.79 Å². The Labute approximate surface area is 189 Å². The molecule has 0 aliphatic heterocycles. The van der Waals surface area contributed by atoms with Crippen LogP contribution in [-0.2, 0) is 4.79 Å². The van der Waals surface area contributed by atoms with Gasteiger partial charge in [0.25, 0.3) is 0 Å². The lowest BCUT2D eigenvalue weighted by Gasteiger charge is -2.58. The molecule has 0 unspecified atom stereocenters. The van der Waals surface area contributed by atoms with E-state index in [4.69, 9.17) is 0 Å². The molecular weight excluding hydrogens is 376 g/mol. The fourth-order valence-corrected chi connectivity index (χ4v) is 8.37. The minimum Gasteiger partial charge on any atom is -0.295 e. The SMILES string of the molecule is Cc1ccccc1/C=C/C(=O)[C@H]1CC[C@H]2[C@@H]3CC=C4C[C@@H](C)CC[C@]4(C)[C@H]3CC[C@]12C. The van der Waals surface area contributed by atoms with Gasteiger partial charge in [0.05, 0.1) is 0 Å². The zero-order valence-electron chi connectivity index (χ0n) is 20.0. The van der Waals surface area contributed by atoms with Gasteiger partial charge in [-0.1, -0.05) is 62.8 Å². The van der Waals surface area contributed by atoms with E-state index in [-0.39, 0.29) is 11.3 Å². The van der Waals surface area contributed by atoms with Crippen LogP contribution in [0.1, 0.15) is 83.3 Å². The van der Waals surface area contributed by atoms with Crippen LogP contribution in [0.3, 0.4) is 0 Å². The molecule has 0 heterocycles. The molecule has 7 atom stereocenters. The predicted molar refractivity (Wildman–Crippen MR) is 130 cm³/mol. The summed E-state index contributed by atoms with van der Waals surface area (Å²) in [4.78, 5) is 13.4. The Hall–Kier alpha value is -1.63. The predicted octanol–water partition coefficient (Wildman–Crippen LogP) is 7.79. The highest BCUT2D eigenvalue weighted by atomic mass is 16.1. The first kappa shape index (κ1) is 21.2. The van der Waals surface area contributed by atoms with Crippen molar-refractivity contribution in [1.82, 2.24) is 0 Å². The maximum atomic E-state index is 13.4. The largest absolute Gasteiger partial charge is 0.295 e. The van der Waals surface area contributed by atoms with Gasteiger partial charge < -0.3 is 0 Å². The molecular formula is C30H40O. The number of hydrogen-bond donors (Lipinski definition) is 0. The molecule has 0 N–H and O–H groups in total. The summed E-state index contributed by atoms with van der Waals surface area (Å²) in [5, 5.41) is 0. The van der Waals surface area contributed by atoms with E-state index in [0.717, 1.165) is 30.1 Å². The molecule has 3 fully saturated rings. The van der Waals surface area contributed by atoms with Crippen LogP contribution in [0, 0.1) is 47.3 Å². The standard InChI is InChI=1S/C30H40O/c1-20-15-17-29(3)23(19-20)10-11-24-25-12-13-27(30(25,4)18-16-26(24)29)28(31)14-9-22-8-6-5-7-21(22)2/h5-10,14,20,24-27H,11-13,15-19H2,1-4H3/b14-9+/t20-,24-,25-,26-,27+,29-,30-/m0/s1. The quantitative estimate of drug-likeness (QED) is 0.363. The van der Waals surface area contributed by atoms with Crippen molar-refractivity contribution in [2.75, 3.05) is 0 Å². The van der Waals surface area contributed by atoms with Crippen LogP contribution in [0.2, 0.25) is 0 Å². The summed E-state index contributed by atoms with van der Waals surface area (Å²) in [5.74, 6) is 3.80. The lowest BCUT2D eigenvalue weighted by molar-refractivity contribution is -0.124. The van der Waals surface area contributed by atoms with E-state index in [0.29, 0.717) is 11.2 Å². The van der Waals surface area contributed by atoms with E-state index < -0.39 is 0 Å². The zero-order valence-corrected chi connectivity index (χ0v) is 20.0. The van der Waals surface area contributed by atoms with Crippen molar-refractivity contribution in [2.24, 2.45) is 40.4 Å². The number of ketones is 1. The minimum absolute atomic E-state index is 0.192. The average Bonchev–Trinajstić information content (AvgIpc) is 3.11. The molecule has 4 aliphatic rings. The first-order valence-electron chi connectivity index (χ1n) is 12.8. The van der Waals surface area contributed by atoms with Crippen LogP contribution in [0.4, 0.5) is 0 Å². The van der Waals surface area contributed by atoms with E-state index in [1.807, 2.05) is 6.08 Å². The summed E-state index contributed by atoms with van der Waals surface area (Å²) >= 11 is 0. The smallest absolute Gasteiger partial charge is 0.159 e.